The molecule has 2 aromatic carbocycles. The van der Waals surface area contributed by atoms with Gasteiger partial charge in [-0.3, -0.25) is 4.79 Å². The molecule has 4 rings (SSSR count). The van der Waals surface area contributed by atoms with Crippen molar-refractivity contribution in [3.63, 3.8) is 0 Å². The van der Waals surface area contributed by atoms with Crippen LogP contribution in [0.5, 0.6) is 0 Å². The largest absolute Gasteiger partial charge is 0.355 e. The first-order valence-corrected chi connectivity index (χ1v) is 8.53. The van der Waals surface area contributed by atoms with Crippen molar-refractivity contribution in [1.82, 2.24) is 5.16 Å². The lowest BCUT2D eigenvalue weighted by Gasteiger charge is -2.08. The highest BCUT2D eigenvalue weighted by atomic mass is 35.5. The summed E-state index contributed by atoms with van der Waals surface area (Å²) in [6, 6.07) is 18.4. The van der Waals surface area contributed by atoms with Crippen LogP contribution in [0.15, 0.2) is 59.1 Å². The second-order valence-electron chi connectivity index (χ2n) is 6.31. The first-order valence-electron chi connectivity index (χ1n) is 8.15. The number of nitrogens with one attached hydrogen (secondary N) is 1. The van der Waals surface area contributed by atoms with Crippen LogP contribution < -0.4 is 5.32 Å². The van der Waals surface area contributed by atoms with Crippen molar-refractivity contribution in [2.45, 2.75) is 18.3 Å². The van der Waals surface area contributed by atoms with Crippen molar-refractivity contribution in [3.8, 4) is 17.4 Å². The van der Waals surface area contributed by atoms with E-state index in [0.29, 0.717) is 16.5 Å². The van der Waals surface area contributed by atoms with Gasteiger partial charge in [-0.25, -0.2) is 0 Å². The molecule has 0 saturated heterocycles. The second-order valence-corrected chi connectivity index (χ2v) is 6.75. The van der Waals surface area contributed by atoms with Gasteiger partial charge in [-0.2, -0.15) is 5.26 Å². The minimum atomic E-state index is -0.358. The van der Waals surface area contributed by atoms with Crippen LogP contribution in [0, 0.1) is 11.3 Å². The molecule has 1 saturated carbocycles. The molecule has 128 valence electrons. The summed E-state index contributed by atoms with van der Waals surface area (Å²) in [5.41, 5.74) is 2.28. The van der Waals surface area contributed by atoms with Crippen LogP contribution in [-0.2, 0) is 5.41 Å². The Balaban J connectivity index is 1.47. The third-order valence-electron chi connectivity index (χ3n) is 4.53. The number of anilines is 1. The minimum absolute atomic E-state index is 0.190. The third kappa shape index (κ3) is 3.07. The summed E-state index contributed by atoms with van der Waals surface area (Å²) >= 11 is 5.87. The van der Waals surface area contributed by atoms with Crippen LogP contribution in [-0.4, -0.2) is 11.1 Å². The maximum Gasteiger partial charge on any atom is 0.277 e. The molecule has 1 aromatic heterocycles. The molecule has 1 aliphatic carbocycles. The van der Waals surface area contributed by atoms with Gasteiger partial charge in [0.15, 0.2) is 11.5 Å². The number of carbonyl (C=O) groups excluding carboxylic acids is 1. The molecular formula is C20H14ClN3O2. The van der Waals surface area contributed by atoms with Crippen molar-refractivity contribution in [2.24, 2.45) is 0 Å². The summed E-state index contributed by atoms with van der Waals surface area (Å²) in [6.07, 6.45) is 1.78. The van der Waals surface area contributed by atoms with Gasteiger partial charge in [-0.15, -0.1) is 0 Å². The van der Waals surface area contributed by atoms with Crippen molar-refractivity contribution in [1.29, 1.82) is 5.26 Å². The Labute approximate surface area is 155 Å². The maximum absolute atomic E-state index is 12.4. The van der Waals surface area contributed by atoms with E-state index < -0.39 is 0 Å². The number of carbonyl (C=O) groups is 1. The quantitative estimate of drug-likeness (QED) is 0.721. The maximum atomic E-state index is 12.4. The molecule has 1 aliphatic rings. The van der Waals surface area contributed by atoms with Gasteiger partial charge in [0.1, 0.15) is 0 Å². The first-order chi connectivity index (χ1) is 12.6. The Morgan fingerprint density at radius 1 is 1.15 bits per heavy atom. The van der Waals surface area contributed by atoms with Crippen molar-refractivity contribution in [2.75, 3.05) is 5.32 Å². The smallest absolute Gasteiger partial charge is 0.277 e. The second kappa shape index (κ2) is 6.32. The number of hydrogen-bond donors (Lipinski definition) is 1. The van der Waals surface area contributed by atoms with Gasteiger partial charge in [-0.05, 0) is 54.8 Å². The number of hydrogen-bond acceptors (Lipinski definition) is 4. The van der Waals surface area contributed by atoms with Crippen LogP contribution in [0.1, 0.15) is 28.9 Å². The Hall–Kier alpha value is -3.10. The molecule has 0 aliphatic heterocycles. The summed E-state index contributed by atoms with van der Waals surface area (Å²) in [6.45, 7) is 0. The van der Waals surface area contributed by atoms with E-state index >= 15 is 0 Å². The van der Waals surface area contributed by atoms with Crippen LogP contribution in [0.3, 0.4) is 0 Å². The Morgan fingerprint density at radius 3 is 2.46 bits per heavy atom. The topological polar surface area (TPSA) is 78.9 Å². The minimum Gasteiger partial charge on any atom is -0.355 e. The summed E-state index contributed by atoms with van der Waals surface area (Å²) < 4.78 is 5.25. The highest BCUT2D eigenvalue weighted by Gasteiger charge is 2.44. The zero-order chi connectivity index (χ0) is 18.1. The average molecular weight is 364 g/mol. The molecule has 6 heteroatoms. The van der Waals surface area contributed by atoms with Gasteiger partial charge in [-0.1, -0.05) is 28.9 Å². The Bertz CT molecular complexity index is 997. The fourth-order valence-electron chi connectivity index (χ4n) is 2.79. The molecule has 0 bridgehead atoms. The summed E-state index contributed by atoms with van der Waals surface area (Å²) in [5, 5.41) is 16.5. The number of amides is 1. The molecule has 1 fully saturated rings. The number of aromatic nitrogens is 1. The highest BCUT2D eigenvalue weighted by molar-refractivity contribution is 6.30. The molecule has 26 heavy (non-hydrogen) atoms. The molecular weight excluding hydrogens is 350 g/mol. The van der Waals surface area contributed by atoms with Crippen LogP contribution in [0.4, 0.5) is 5.69 Å². The number of nitrogens with zero attached hydrogens (tertiary/aromatic N) is 2. The number of benzene rings is 2. The zero-order valence-electron chi connectivity index (χ0n) is 13.7. The molecule has 3 aromatic rings. The lowest BCUT2D eigenvalue weighted by Crippen LogP contribution is -2.12. The normalized spacial score (nSPS) is 14.5. The van der Waals surface area contributed by atoms with E-state index in [2.05, 4.69) is 16.5 Å². The van der Waals surface area contributed by atoms with Gasteiger partial charge in [0.2, 0.25) is 0 Å². The van der Waals surface area contributed by atoms with E-state index in [9.17, 15) is 10.1 Å². The molecule has 0 spiro atoms. The predicted octanol–water partition coefficient (Wildman–Crippen LogP) is 4.80. The number of rotatable bonds is 4. The van der Waals surface area contributed by atoms with Crippen LogP contribution >= 0.6 is 11.6 Å². The van der Waals surface area contributed by atoms with Crippen molar-refractivity contribution in [3.05, 3.63) is 70.9 Å². The highest BCUT2D eigenvalue weighted by Crippen LogP contribution is 2.47. The van der Waals surface area contributed by atoms with Crippen LogP contribution in [0.25, 0.3) is 11.3 Å². The first kappa shape index (κ1) is 16.4. The van der Waals surface area contributed by atoms with Gasteiger partial charge >= 0.3 is 0 Å². The number of nitriles is 1. The third-order valence-corrected chi connectivity index (χ3v) is 4.78. The fourth-order valence-corrected chi connectivity index (χ4v) is 2.92. The van der Waals surface area contributed by atoms with E-state index in [-0.39, 0.29) is 17.0 Å². The molecule has 0 atom stereocenters. The van der Waals surface area contributed by atoms with E-state index in [4.69, 9.17) is 16.1 Å². The zero-order valence-corrected chi connectivity index (χ0v) is 14.5. The van der Waals surface area contributed by atoms with Gasteiger partial charge in [0, 0.05) is 22.3 Å². The van der Waals surface area contributed by atoms with E-state index in [1.807, 2.05) is 12.1 Å². The molecule has 1 N–H and O–H groups in total. The van der Waals surface area contributed by atoms with E-state index in [0.717, 1.165) is 24.0 Å². The monoisotopic (exact) mass is 363 g/mol. The summed E-state index contributed by atoms with van der Waals surface area (Å²) in [7, 11) is 0. The Kier molecular flexibility index (Phi) is 3.98. The lowest BCUT2D eigenvalue weighted by molar-refractivity contribution is 0.101. The predicted molar refractivity (Wildman–Crippen MR) is 97.9 cm³/mol. The molecule has 0 unspecified atom stereocenters. The average Bonchev–Trinajstić information content (AvgIpc) is 3.31. The molecule has 1 amide bonds. The lowest BCUT2D eigenvalue weighted by atomic mass is 9.98. The number of halogens is 1. The van der Waals surface area contributed by atoms with Gasteiger partial charge < -0.3 is 9.84 Å². The SMILES string of the molecule is N#CC1(c2ccc(NC(=O)c3cc(-c4ccc(Cl)cc4)on3)cc2)CC1. The van der Waals surface area contributed by atoms with E-state index in [1.54, 1.807) is 42.5 Å². The summed E-state index contributed by atoms with van der Waals surface area (Å²) in [4.78, 5) is 12.4. The fraction of sp³-hybridized carbons (Fsp3) is 0.150. The molecule has 1 heterocycles. The van der Waals surface area contributed by atoms with E-state index in [1.165, 1.54) is 0 Å². The standard InChI is InChI=1S/C20H14ClN3O2/c21-15-5-1-13(2-6-15)18-11-17(24-26-18)19(25)23-16-7-3-14(4-8-16)20(12-22)9-10-20/h1-8,11H,9-10H2,(H,23,25). The summed E-state index contributed by atoms with van der Waals surface area (Å²) in [5.74, 6) is 0.134. The van der Waals surface area contributed by atoms with Gasteiger partial charge in [0.05, 0.1) is 11.5 Å². The van der Waals surface area contributed by atoms with Crippen molar-refractivity contribution < 1.29 is 9.32 Å². The van der Waals surface area contributed by atoms with Crippen molar-refractivity contribution >= 4 is 23.2 Å². The van der Waals surface area contributed by atoms with Gasteiger partial charge in [0.25, 0.3) is 5.91 Å². The molecule has 0 radical (unpaired) electrons. The molecule has 5 nitrogen and oxygen atoms in total. The van der Waals surface area contributed by atoms with Crippen LogP contribution in [0.2, 0.25) is 5.02 Å². The Morgan fingerprint density at radius 2 is 1.85 bits per heavy atom.